The molecule has 6 nitrogen and oxygen atoms in total. The summed E-state index contributed by atoms with van der Waals surface area (Å²) in [6, 6.07) is 0. The Hall–Kier alpha value is -1.19. The number of β-amino-alcohol motifs (C(OH)–C–C–N with tert-alkyl or cyclic N) is 1. The van der Waals surface area contributed by atoms with E-state index in [4.69, 9.17) is 9.72 Å². The topological polar surface area (TPSA) is 67.6 Å². The Balaban J connectivity index is 1.78. The molecule has 1 atom stereocenters. The van der Waals surface area contributed by atoms with Gasteiger partial charge in [-0.05, 0) is 19.4 Å². The van der Waals surface area contributed by atoms with E-state index >= 15 is 0 Å². The first-order chi connectivity index (χ1) is 12.5. The molecule has 1 aliphatic rings. The second-order valence-electron chi connectivity index (χ2n) is 6.44. The molecule has 0 aliphatic carbocycles. The zero-order chi connectivity index (χ0) is 18.7. The smallest absolute Gasteiger partial charge is 0.263 e. The average molecular weight is 396 g/mol. The van der Waals surface area contributed by atoms with Crippen LogP contribution in [0.25, 0.3) is 10.2 Å². The number of hydrogen-bond donors (Lipinski definition) is 1. The number of rotatable bonds is 7. The molecule has 3 rings (SSSR count). The van der Waals surface area contributed by atoms with Crippen molar-refractivity contribution >= 4 is 33.3 Å². The van der Waals surface area contributed by atoms with Crippen molar-refractivity contribution < 1.29 is 9.84 Å². The highest BCUT2D eigenvalue weighted by atomic mass is 32.2. The monoisotopic (exact) mass is 395 g/mol. The molecule has 1 saturated heterocycles. The van der Waals surface area contributed by atoms with Gasteiger partial charge in [-0.2, -0.15) is 0 Å². The summed E-state index contributed by atoms with van der Waals surface area (Å²) in [5, 5.41) is 11.7. The van der Waals surface area contributed by atoms with Crippen LogP contribution in [-0.2, 0) is 11.3 Å². The second kappa shape index (κ2) is 8.67. The van der Waals surface area contributed by atoms with Gasteiger partial charge in [0.25, 0.3) is 5.56 Å². The molecule has 0 spiro atoms. The van der Waals surface area contributed by atoms with Gasteiger partial charge in [-0.1, -0.05) is 17.8 Å². The van der Waals surface area contributed by atoms with Crippen molar-refractivity contribution in [2.45, 2.75) is 31.7 Å². The summed E-state index contributed by atoms with van der Waals surface area (Å²) in [5.74, 6) is 0.496. The van der Waals surface area contributed by atoms with Gasteiger partial charge in [0.1, 0.15) is 4.83 Å². The van der Waals surface area contributed by atoms with Gasteiger partial charge in [-0.25, -0.2) is 4.98 Å². The fourth-order valence-electron chi connectivity index (χ4n) is 3.01. The number of allylic oxidation sites excluding steroid dienone is 1. The van der Waals surface area contributed by atoms with Gasteiger partial charge >= 0.3 is 0 Å². The van der Waals surface area contributed by atoms with E-state index in [1.807, 2.05) is 13.8 Å². The van der Waals surface area contributed by atoms with Crippen LogP contribution in [0.3, 0.4) is 0 Å². The molecule has 26 heavy (non-hydrogen) atoms. The van der Waals surface area contributed by atoms with E-state index in [1.165, 1.54) is 11.8 Å². The molecular weight excluding hydrogens is 370 g/mol. The maximum Gasteiger partial charge on any atom is 0.263 e. The van der Waals surface area contributed by atoms with E-state index in [1.54, 1.807) is 22.0 Å². The maximum absolute atomic E-state index is 12.9. The van der Waals surface area contributed by atoms with Crippen molar-refractivity contribution in [1.29, 1.82) is 0 Å². The third kappa shape index (κ3) is 4.20. The van der Waals surface area contributed by atoms with E-state index in [0.717, 1.165) is 28.4 Å². The first-order valence-electron chi connectivity index (χ1n) is 8.73. The summed E-state index contributed by atoms with van der Waals surface area (Å²) in [4.78, 5) is 21.7. The Morgan fingerprint density at radius 3 is 2.85 bits per heavy atom. The first-order valence-corrected chi connectivity index (χ1v) is 10.5. The van der Waals surface area contributed by atoms with Crippen molar-refractivity contribution in [3.05, 3.63) is 33.4 Å². The lowest BCUT2D eigenvalue weighted by Crippen LogP contribution is -2.41. The number of thiophene rings is 1. The molecular formula is C18H25N3O3S2. The largest absolute Gasteiger partial charge is 0.391 e. The molecule has 0 amide bonds. The summed E-state index contributed by atoms with van der Waals surface area (Å²) >= 11 is 2.98. The third-order valence-electron chi connectivity index (χ3n) is 4.54. The van der Waals surface area contributed by atoms with E-state index in [-0.39, 0.29) is 5.56 Å². The lowest BCUT2D eigenvalue weighted by atomic mass is 10.2. The zero-order valence-electron chi connectivity index (χ0n) is 15.2. The van der Waals surface area contributed by atoms with Gasteiger partial charge in [0.2, 0.25) is 0 Å². The predicted molar refractivity (Wildman–Crippen MR) is 108 cm³/mol. The molecule has 0 unspecified atom stereocenters. The van der Waals surface area contributed by atoms with Crippen molar-refractivity contribution in [3.63, 3.8) is 0 Å². The van der Waals surface area contributed by atoms with Gasteiger partial charge < -0.3 is 9.84 Å². The van der Waals surface area contributed by atoms with Gasteiger partial charge in [0.05, 0.1) is 24.7 Å². The summed E-state index contributed by atoms with van der Waals surface area (Å²) < 4.78 is 6.99. The average Bonchev–Trinajstić information content (AvgIpc) is 2.91. The number of morpholine rings is 1. The number of aromatic nitrogens is 2. The molecule has 0 aromatic carbocycles. The summed E-state index contributed by atoms with van der Waals surface area (Å²) in [5.41, 5.74) is 0.978. The van der Waals surface area contributed by atoms with Crippen molar-refractivity contribution in [2.24, 2.45) is 0 Å². The number of ether oxygens (including phenoxy) is 1. The standard InChI is InChI=1S/C18H25N3O3S2/c1-4-5-21-17(23)15-12(2)13(3)26-16(15)19-18(21)25-11-14(22)10-20-6-8-24-9-7-20/h4,14,22H,1,5-11H2,2-3H3/t14-/m0/s1. The van der Waals surface area contributed by atoms with E-state index in [0.29, 0.717) is 42.6 Å². The fourth-order valence-corrected chi connectivity index (χ4v) is 5.01. The quantitative estimate of drug-likeness (QED) is 0.440. The lowest BCUT2D eigenvalue weighted by molar-refractivity contribution is 0.0188. The molecule has 0 radical (unpaired) electrons. The Morgan fingerprint density at radius 2 is 2.15 bits per heavy atom. The van der Waals surface area contributed by atoms with Crippen molar-refractivity contribution in [2.75, 3.05) is 38.6 Å². The van der Waals surface area contributed by atoms with Crippen molar-refractivity contribution in [3.8, 4) is 0 Å². The van der Waals surface area contributed by atoms with Crippen LogP contribution in [0, 0.1) is 13.8 Å². The normalized spacial score (nSPS) is 16.9. The number of thioether (sulfide) groups is 1. The predicted octanol–water partition coefficient (Wildman–Crippen LogP) is 2.05. The minimum atomic E-state index is -0.477. The van der Waals surface area contributed by atoms with Crippen LogP contribution in [0.5, 0.6) is 0 Å². The molecule has 3 heterocycles. The van der Waals surface area contributed by atoms with Crippen molar-refractivity contribution in [1.82, 2.24) is 14.5 Å². The number of fused-ring (bicyclic) bond motifs is 1. The number of aryl methyl sites for hydroxylation is 2. The highest BCUT2D eigenvalue weighted by Crippen LogP contribution is 2.28. The van der Waals surface area contributed by atoms with Crippen LogP contribution >= 0.6 is 23.1 Å². The number of aliphatic hydroxyl groups is 1. The Morgan fingerprint density at radius 1 is 1.42 bits per heavy atom. The lowest BCUT2D eigenvalue weighted by Gasteiger charge is -2.28. The highest BCUT2D eigenvalue weighted by molar-refractivity contribution is 7.99. The zero-order valence-corrected chi connectivity index (χ0v) is 16.9. The second-order valence-corrected chi connectivity index (χ2v) is 8.63. The summed E-state index contributed by atoms with van der Waals surface area (Å²) in [7, 11) is 0. The summed E-state index contributed by atoms with van der Waals surface area (Å²) in [6.07, 6.45) is 1.23. The Labute approximate surface area is 161 Å². The van der Waals surface area contributed by atoms with Crippen LogP contribution < -0.4 is 5.56 Å². The molecule has 0 saturated carbocycles. The Bertz CT molecular complexity index is 840. The van der Waals surface area contributed by atoms with Crippen LogP contribution in [0.1, 0.15) is 10.4 Å². The molecule has 142 valence electrons. The minimum Gasteiger partial charge on any atom is -0.391 e. The Kier molecular flexibility index (Phi) is 6.52. The molecule has 1 N–H and O–H groups in total. The molecule has 2 aromatic heterocycles. The highest BCUT2D eigenvalue weighted by Gasteiger charge is 2.19. The SMILES string of the molecule is C=CCn1c(SC[C@@H](O)CN2CCOCC2)nc2sc(C)c(C)c2c1=O. The molecule has 0 bridgehead atoms. The van der Waals surface area contributed by atoms with E-state index in [2.05, 4.69) is 11.5 Å². The maximum atomic E-state index is 12.9. The fraction of sp³-hybridized carbons (Fsp3) is 0.556. The van der Waals surface area contributed by atoms with E-state index < -0.39 is 6.10 Å². The van der Waals surface area contributed by atoms with Gasteiger partial charge in [0, 0.05) is 36.8 Å². The molecule has 8 heteroatoms. The summed E-state index contributed by atoms with van der Waals surface area (Å²) in [6.45, 7) is 11.9. The van der Waals surface area contributed by atoms with Gasteiger partial charge in [-0.3, -0.25) is 14.3 Å². The third-order valence-corrected chi connectivity index (χ3v) is 6.77. The van der Waals surface area contributed by atoms with Crippen LogP contribution in [0.15, 0.2) is 22.6 Å². The van der Waals surface area contributed by atoms with Gasteiger partial charge in [0.15, 0.2) is 5.16 Å². The van der Waals surface area contributed by atoms with Crippen LogP contribution in [-0.4, -0.2) is 64.3 Å². The number of hydrogen-bond acceptors (Lipinski definition) is 7. The van der Waals surface area contributed by atoms with E-state index in [9.17, 15) is 9.90 Å². The van der Waals surface area contributed by atoms with Gasteiger partial charge in [-0.15, -0.1) is 17.9 Å². The van der Waals surface area contributed by atoms with Crippen LogP contribution in [0.2, 0.25) is 0 Å². The molecule has 2 aromatic rings. The molecule has 1 fully saturated rings. The molecule has 1 aliphatic heterocycles. The number of aliphatic hydroxyl groups excluding tert-OH is 1. The number of nitrogens with zero attached hydrogens (tertiary/aromatic N) is 3. The minimum absolute atomic E-state index is 0.0260. The first kappa shape index (κ1) is 19.6. The van der Waals surface area contributed by atoms with Crippen LogP contribution in [0.4, 0.5) is 0 Å².